The maximum absolute atomic E-state index is 13.8. The van der Waals surface area contributed by atoms with Gasteiger partial charge in [0.25, 0.3) is 5.95 Å². The molecule has 3 aromatic rings. The van der Waals surface area contributed by atoms with Crippen molar-refractivity contribution in [2.45, 2.75) is 26.0 Å². The second-order valence-corrected chi connectivity index (χ2v) is 7.75. The van der Waals surface area contributed by atoms with Crippen LogP contribution >= 0.6 is 11.8 Å². The highest BCUT2D eigenvalue weighted by atomic mass is 32.2. The van der Waals surface area contributed by atoms with Crippen molar-refractivity contribution >= 4 is 23.5 Å². The number of rotatable bonds is 2. The molecule has 1 aliphatic heterocycles. The summed E-state index contributed by atoms with van der Waals surface area (Å²) in [5.74, 6) is -0.654. The second-order valence-electron chi connectivity index (χ2n) is 6.65. The third kappa shape index (κ3) is 3.37. The van der Waals surface area contributed by atoms with E-state index in [4.69, 9.17) is 0 Å². The van der Waals surface area contributed by atoms with Crippen LogP contribution in [-0.2, 0) is 4.79 Å². The normalized spacial score (nSPS) is 16.5. The van der Waals surface area contributed by atoms with E-state index >= 15 is 0 Å². The van der Waals surface area contributed by atoms with E-state index in [0.717, 1.165) is 17.5 Å². The van der Waals surface area contributed by atoms with Gasteiger partial charge in [0.15, 0.2) is 0 Å². The Labute approximate surface area is 164 Å². The summed E-state index contributed by atoms with van der Waals surface area (Å²) in [7, 11) is 0. The molecule has 0 bridgehead atoms. The Morgan fingerprint density at radius 2 is 1.71 bits per heavy atom. The number of aromatic nitrogens is 4. The van der Waals surface area contributed by atoms with Gasteiger partial charge >= 0.3 is 0 Å². The Bertz CT molecular complexity index is 1060. The third-order valence-corrected chi connectivity index (χ3v) is 5.63. The van der Waals surface area contributed by atoms with E-state index in [1.54, 1.807) is 6.92 Å². The summed E-state index contributed by atoms with van der Waals surface area (Å²) in [6.07, 6.45) is 0. The van der Waals surface area contributed by atoms with Crippen LogP contribution in [0.2, 0.25) is 0 Å². The van der Waals surface area contributed by atoms with Gasteiger partial charge in [-0.3, -0.25) is 4.79 Å². The number of halogens is 2. The largest absolute Gasteiger partial charge is 0.309 e. The van der Waals surface area contributed by atoms with Crippen LogP contribution in [0.4, 0.5) is 14.6 Å². The van der Waals surface area contributed by atoms with Crippen LogP contribution in [0.15, 0.2) is 24.3 Å². The molecule has 0 saturated heterocycles. The van der Waals surface area contributed by atoms with E-state index in [1.165, 1.54) is 28.6 Å². The molecular formula is C19H17F2N5OS. The minimum absolute atomic E-state index is 0.143. The predicted octanol–water partition coefficient (Wildman–Crippen LogP) is 3.64. The average molecular weight is 401 g/mol. The molecule has 0 radical (unpaired) electrons. The summed E-state index contributed by atoms with van der Waals surface area (Å²) in [5, 5.41) is 6.91. The predicted molar refractivity (Wildman–Crippen MR) is 103 cm³/mol. The zero-order valence-electron chi connectivity index (χ0n) is 15.5. The van der Waals surface area contributed by atoms with Crippen molar-refractivity contribution in [1.29, 1.82) is 0 Å². The van der Waals surface area contributed by atoms with Crippen molar-refractivity contribution in [3.63, 3.8) is 0 Å². The van der Waals surface area contributed by atoms with E-state index in [0.29, 0.717) is 28.6 Å². The third-order valence-electron chi connectivity index (χ3n) is 4.36. The summed E-state index contributed by atoms with van der Waals surface area (Å²) in [6, 6.07) is 5.23. The second kappa shape index (κ2) is 6.97. The fraction of sp³-hybridized carbons (Fsp3) is 0.263. The maximum atomic E-state index is 13.8. The van der Waals surface area contributed by atoms with Crippen LogP contribution in [0.3, 0.4) is 0 Å². The van der Waals surface area contributed by atoms with E-state index < -0.39 is 16.9 Å². The summed E-state index contributed by atoms with van der Waals surface area (Å²) in [5.41, 5.74) is 3.28. The summed E-state index contributed by atoms with van der Waals surface area (Å²) in [6.45, 7) is 5.48. The smallest absolute Gasteiger partial charge is 0.252 e. The molecule has 0 unspecified atom stereocenters. The van der Waals surface area contributed by atoms with Crippen molar-refractivity contribution in [1.82, 2.24) is 19.7 Å². The lowest BCUT2D eigenvalue weighted by atomic mass is 10.0. The van der Waals surface area contributed by atoms with Crippen LogP contribution in [0.1, 0.15) is 33.5 Å². The summed E-state index contributed by atoms with van der Waals surface area (Å²) in [4.78, 5) is 21.2. The standard InChI is InChI=1S/C19H17F2N5OS/c1-9-4-10(2)23-19(22-9)26-18-16(11(3)25-26)17(28-8-15(27)24-18)12-5-13(20)7-14(21)6-12/h4-7,17H,8H2,1-3H3,(H,24,27)/t17-/m0/s1. The van der Waals surface area contributed by atoms with Gasteiger partial charge in [-0.25, -0.2) is 18.7 Å². The van der Waals surface area contributed by atoms with E-state index in [2.05, 4.69) is 20.4 Å². The summed E-state index contributed by atoms with van der Waals surface area (Å²) >= 11 is 1.29. The highest BCUT2D eigenvalue weighted by Crippen LogP contribution is 2.43. The monoisotopic (exact) mass is 401 g/mol. The molecule has 1 amide bonds. The number of aryl methyl sites for hydroxylation is 3. The lowest BCUT2D eigenvalue weighted by molar-refractivity contribution is -0.113. The van der Waals surface area contributed by atoms with Gasteiger partial charge in [-0.05, 0) is 44.5 Å². The molecule has 28 heavy (non-hydrogen) atoms. The van der Waals surface area contributed by atoms with Gasteiger partial charge in [0.1, 0.15) is 17.5 Å². The minimum atomic E-state index is -0.664. The van der Waals surface area contributed by atoms with E-state index in [1.807, 2.05) is 19.9 Å². The average Bonchev–Trinajstić information content (AvgIpc) is 2.80. The number of hydrogen-bond donors (Lipinski definition) is 1. The van der Waals surface area contributed by atoms with Gasteiger partial charge in [0, 0.05) is 23.0 Å². The number of anilines is 1. The molecule has 1 aromatic carbocycles. The molecule has 3 heterocycles. The fourth-order valence-corrected chi connectivity index (χ4v) is 4.49. The number of nitrogens with zero attached hydrogens (tertiary/aromatic N) is 4. The van der Waals surface area contributed by atoms with Crippen LogP contribution in [0.25, 0.3) is 5.95 Å². The van der Waals surface area contributed by atoms with E-state index in [-0.39, 0.29) is 11.7 Å². The number of fused-ring (bicyclic) bond motifs is 1. The van der Waals surface area contributed by atoms with Crippen LogP contribution in [0.5, 0.6) is 0 Å². The quantitative estimate of drug-likeness (QED) is 0.710. The minimum Gasteiger partial charge on any atom is -0.309 e. The molecular weight excluding hydrogens is 384 g/mol. The van der Waals surface area contributed by atoms with Gasteiger partial charge in [0.2, 0.25) is 5.91 Å². The zero-order chi connectivity index (χ0) is 20.0. The Morgan fingerprint density at radius 1 is 1.07 bits per heavy atom. The Kier molecular flexibility index (Phi) is 4.62. The molecule has 0 spiro atoms. The van der Waals surface area contributed by atoms with Gasteiger partial charge in [-0.2, -0.15) is 9.78 Å². The van der Waals surface area contributed by atoms with E-state index in [9.17, 15) is 13.6 Å². The molecule has 6 nitrogen and oxygen atoms in total. The SMILES string of the molecule is Cc1cc(C)nc(-n2nc(C)c3c2NC(=O)CS[C@H]3c2cc(F)cc(F)c2)n1. The number of carbonyl (C=O) groups is 1. The van der Waals surface area contributed by atoms with Crippen molar-refractivity contribution in [2.75, 3.05) is 11.1 Å². The van der Waals surface area contributed by atoms with Gasteiger partial charge in [0.05, 0.1) is 16.7 Å². The Morgan fingerprint density at radius 3 is 2.36 bits per heavy atom. The lowest BCUT2D eigenvalue weighted by Gasteiger charge is -2.15. The molecule has 4 rings (SSSR count). The Hall–Kier alpha value is -2.81. The first-order chi connectivity index (χ1) is 13.3. The fourth-order valence-electron chi connectivity index (χ4n) is 3.32. The molecule has 9 heteroatoms. The van der Waals surface area contributed by atoms with Crippen LogP contribution in [-0.4, -0.2) is 31.4 Å². The first-order valence-electron chi connectivity index (χ1n) is 8.61. The zero-order valence-corrected chi connectivity index (χ0v) is 16.3. The molecule has 1 N–H and O–H groups in total. The first kappa shape index (κ1) is 18.5. The molecule has 2 aromatic heterocycles. The molecule has 1 aliphatic rings. The molecule has 0 saturated carbocycles. The van der Waals surface area contributed by atoms with Crippen molar-refractivity contribution < 1.29 is 13.6 Å². The number of amides is 1. The van der Waals surface area contributed by atoms with Crippen molar-refractivity contribution in [3.05, 3.63) is 64.1 Å². The van der Waals surface area contributed by atoms with Crippen LogP contribution in [0, 0.1) is 32.4 Å². The lowest BCUT2D eigenvalue weighted by Crippen LogP contribution is -2.17. The molecule has 0 aliphatic carbocycles. The molecule has 1 atom stereocenters. The number of hydrogen-bond acceptors (Lipinski definition) is 5. The molecule has 144 valence electrons. The highest BCUT2D eigenvalue weighted by Gasteiger charge is 2.31. The highest BCUT2D eigenvalue weighted by molar-refractivity contribution is 8.00. The van der Waals surface area contributed by atoms with Gasteiger partial charge < -0.3 is 5.32 Å². The number of carbonyl (C=O) groups excluding carboxylic acids is 1. The van der Waals surface area contributed by atoms with Crippen molar-refractivity contribution in [2.24, 2.45) is 0 Å². The van der Waals surface area contributed by atoms with Crippen LogP contribution < -0.4 is 5.32 Å². The number of nitrogens with one attached hydrogen (secondary N) is 1. The molecule has 0 fully saturated rings. The topological polar surface area (TPSA) is 72.7 Å². The van der Waals surface area contributed by atoms with Gasteiger partial charge in [-0.1, -0.05) is 0 Å². The Balaban J connectivity index is 1.92. The number of benzene rings is 1. The first-order valence-corrected chi connectivity index (χ1v) is 9.66. The van der Waals surface area contributed by atoms with Gasteiger partial charge in [-0.15, -0.1) is 11.8 Å². The number of thioether (sulfide) groups is 1. The van der Waals surface area contributed by atoms with Crippen molar-refractivity contribution in [3.8, 4) is 5.95 Å². The maximum Gasteiger partial charge on any atom is 0.252 e. The summed E-state index contributed by atoms with van der Waals surface area (Å²) < 4.78 is 29.1.